The Hall–Kier alpha value is -2.46. The van der Waals surface area contributed by atoms with Crippen molar-refractivity contribution in [3.63, 3.8) is 0 Å². The zero-order chi connectivity index (χ0) is 14.4. The van der Waals surface area contributed by atoms with Crippen molar-refractivity contribution in [3.8, 4) is 5.75 Å². The standard InChI is InChI=1S/C16H16N2O2/c1-20-14-9-7-13(8-10-14)15(17)16(19)18-11-12-5-3-2-4-6-12/h2-11,15H,17H2,1H3/t15-/m1/s1. The van der Waals surface area contributed by atoms with E-state index in [2.05, 4.69) is 4.99 Å². The van der Waals surface area contributed by atoms with Crippen LogP contribution < -0.4 is 10.5 Å². The normalized spacial score (nSPS) is 12.3. The molecule has 0 aliphatic heterocycles. The van der Waals surface area contributed by atoms with Gasteiger partial charge in [-0.25, -0.2) is 4.99 Å². The third-order valence-electron chi connectivity index (χ3n) is 2.88. The Morgan fingerprint density at radius 2 is 1.80 bits per heavy atom. The van der Waals surface area contributed by atoms with Crippen molar-refractivity contribution >= 4 is 12.1 Å². The van der Waals surface area contributed by atoms with Crippen molar-refractivity contribution in [1.82, 2.24) is 0 Å². The lowest BCUT2D eigenvalue weighted by atomic mass is 10.1. The van der Waals surface area contributed by atoms with Crippen LogP contribution in [-0.2, 0) is 4.79 Å². The molecule has 0 saturated carbocycles. The molecule has 0 aliphatic rings. The Morgan fingerprint density at radius 1 is 1.15 bits per heavy atom. The molecule has 1 atom stereocenters. The van der Waals surface area contributed by atoms with E-state index >= 15 is 0 Å². The summed E-state index contributed by atoms with van der Waals surface area (Å²) in [5.41, 5.74) is 7.46. The lowest BCUT2D eigenvalue weighted by Crippen LogP contribution is -2.19. The molecular formula is C16H16N2O2. The number of carbonyl (C=O) groups is 1. The predicted molar refractivity (Wildman–Crippen MR) is 79.0 cm³/mol. The number of methoxy groups -OCH3 is 1. The van der Waals surface area contributed by atoms with Crippen molar-refractivity contribution in [2.24, 2.45) is 10.7 Å². The molecule has 0 aromatic heterocycles. The lowest BCUT2D eigenvalue weighted by molar-refractivity contribution is -0.119. The van der Waals surface area contributed by atoms with Crippen LogP contribution in [0.2, 0.25) is 0 Å². The first kappa shape index (κ1) is 14.0. The SMILES string of the molecule is COc1ccc([C@@H](N)C(=O)N=Cc2ccccc2)cc1. The van der Waals surface area contributed by atoms with Gasteiger partial charge < -0.3 is 10.5 Å². The number of nitrogens with zero attached hydrogens (tertiary/aromatic N) is 1. The maximum Gasteiger partial charge on any atom is 0.267 e. The summed E-state index contributed by atoms with van der Waals surface area (Å²) >= 11 is 0. The molecule has 2 N–H and O–H groups in total. The molecule has 0 radical (unpaired) electrons. The largest absolute Gasteiger partial charge is 0.497 e. The third kappa shape index (κ3) is 3.52. The maximum absolute atomic E-state index is 11.9. The van der Waals surface area contributed by atoms with E-state index in [-0.39, 0.29) is 5.91 Å². The zero-order valence-electron chi connectivity index (χ0n) is 11.2. The van der Waals surface area contributed by atoms with Gasteiger partial charge in [-0.1, -0.05) is 42.5 Å². The quantitative estimate of drug-likeness (QED) is 0.866. The molecule has 20 heavy (non-hydrogen) atoms. The highest BCUT2D eigenvalue weighted by Gasteiger charge is 2.14. The molecule has 1 amide bonds. The Labute approximate surface area is 117 Å². The lowest BCUT2D eigenvalue weighted by Gasteiger charge is -2.08. The molecule has 0 aliphatic carbocycles. The summed E-state index contributed by atoms with van der Waals surface area (Å²) in [6.45, 7) is 0. The maximum atomic E-state index is 11.9. The number of rotatable bonds is 4. The summed E-state index contributed by atoms with van der Waals surface area (Å²) < 4.78 is 5.06. The van der Waals surface area contributed by atoms with E-state index in [0.717, 1.165) is 11.3 Å². The minimum atomic E-state index is -0.763. The second-order valence-electron chi connectivity index (χ2n) is 4.26. The molecule has 2 rings (SSSR count). The van der Waals surface area contributed by atoms with Crippen molar-refractivity contribution in [2.45, 2.75) is 6.04 Å². The molecule has 102 valence electrons. The summed E-state index contributed by atoms with van der Waals surface area (Å²) in [7, 11) is 1.59. The zero-order valence-corrected chi connectivity index (χ0v) is 11.2. The molecule has 0 bridgehead atoms. The number of hydrogen-bond acceptors (Lipinski definition) is 3. The topological polar surface area (TPSA) is 64.7 Å². The minimum Gasteiger partial charge on any atom is -0.497 e. The second kappa shape index (κ2) is 6.63. The van der Waals surface area contributed by atoms with Crippen LogP contribution in [0, 0.1) is 0 Å². The average molecular weight is 268 g/mol. The minimum absolute atomic E-state index is 0.376. The smallest absolute Gasteiger partial charge is 0.267 e. The van der Waals surface area contributed by atoms with Crippen molar-refractivity contribution in [2.75, 3.05) is 7.11 Å². The Bertz CT molecular complexity index is 592. The van der Waals surface area contributed by atoms with Gasteiger partial charge in [0.2, 0.25) is 0 Å². The van der Waals surface area contributed by atoms with Gasteiger partial charge in [0, 0.05) is 6.21 Å². The highest BCUT2D eigenvalue weighted by molar-refractivity contribution is 5.94. The van der Waals surface area contributed by atoms with E-state index < -0.39 is 6.04 Å². The van der Waals surface area contributed by atoms with Gasteiger partial charge in [0.25, 0.3) is 5.91 Å². The van der Waals surface area contributed by atoms with Crippen LogP contribution in [0.4, 0.5) is 0 Å². The second-order valence-corrected chi connectivity index (χ2v) is 4.26. The summed E-state index contributed by atoms with van der Waals surface area (Å²) in [6.07, 6.45) is 1.52. The van der Waals surface area contributed by atoms with Crippen molar-refractivity contribution < 1.29 is 9.53 Å². The predicted octanol–water partition coefficient (Wildman–Crippen LogP) is 2.34. The van der Waals surface area contributed by atoms with E-state index in [1.54, 1.807) is 31.4 Å². The number of carbonyl (C=O) groups excluding carboxylic acids is 1. The van der Waals surface area contributed by atoms with Gasteiger partial charge in [0.05, 0.1) is 7.11 Å². The van der Waals surface area contributed by atoms with Gasteiger partial charge in [-0.05, 0) is 23.3 Å². The van der Waals surface area contributed by atoms with E-state index in [9.17, 15) is 4.79 Å². The molecule has 4 nitrogen and oxygen atoms in total. The van der Waals surface area contributed by atoms with Gasteiger partial charge in [-0.15, -0.1) is 0 Å². The number of ether oxygens (including phenoxy) is 1. The number of amides is 1. The molecule has 0 spiro atoms. The number of hydrogen-bond donors (Lipinski definition) is 1. The summed E-state index contributed by atoms with van der Waals surface area (Å²) in [4.78, 5) is 15.8. The average Bonchev–Trinajstić information content (AvgIpc) is 2.53. The first-order chi connectivity index (χ1) is 9.70. The number of nitrogens with two attached hydrogens (primary N) is 1. The van der Waals surface area contributed by atoms with Crippen LogP contribution in [-0.4, -0.2) is 19.2 Å². The Balaban J connectivity index is 2.06. The van der Waals surface area contributed by atoms with Crippen LogP contribution in [0.5, 0.6) is 5.75 Å². The van der Waals surface area contributed by atoms with Crippen LogP contribution in [0.15, 0.2) is 59.6 Å². The van der Waals surface area contributed by atoms with Crippen molar-refractivity contribution in [3.05, 3.63) is 65.7 Å². The molecule has 2 aromatic rings. The highest BCUT2D eigenvalue weighted by atomic mass is 16.5. The first-order valence-electron chi connectivity index (χ1n) is 6.23. The van der Waals surface area contributed by atoms with Crippen LogP contribution in [0.1, 0.15) is 17.2 Å². The van der Waals surface area contributed by atoms with E-state index in [0.29, 0.717) is 5.56 Å². The molecule has 0 saturated heterocycles. The highest BCUT2D eigenvalue weighted by Crippen LogP contribution is 2.17. The van der Waals surface area contributed by atoms with E-state index in [1.807, 2.05) is 30.3 Å². The fraction of sp³-hybridized carbons (Fsp3) is 0.125. The Morgan fingerprint density at radius 3 is 2.40 bits per heavy atom. The summed E-state index contributed by atoms with van der Waals surface area (Å²) in [6, 6.07) is 15.7. The van der Waals surface area contributed by atoms with Crippen LogP contribution in [0.25, 0.3) is 0 Å². The first-order valence-corrected chi connectivity index (χ1v) is 6.23. The molecule has 2 aromatic carbocycles. The molecule has 0 heterocycles. The van der Waals surface area contributed by atoms with Gasteiger partial charge in [0.15, 0.2) is 0 Å². The van der Waals surface area contributed by atoms with E-state index in [1.165, 1.54) is 6.21 Å². The van der Waals surface area contributed by atoms with Crippen LogP contribution in [0.3, 0.4) is 0 Å². The molecule has 0 fully saturated rings. The van der Waals surface area contributed by atoms with Gasteiger partial charge >= 0.3 is 0 Å². The monoisotopic (exact) mass is 268 g/mol. The molecule has 4 heteroatoms. The fourth-order valence-electron chi connectivity index (χ4n) is 1.71. The van der Waals surface area contributed by atoms with Crippen molar-refractivity contribution in [1.29, 1.82) is 0 Å². The van der Waals surface area contributed by atoms with Crippen LogP contribution >= 0.6 is 0 Å². The Kier molecular flexibility index (Phi) is 4.63. The number of benzene rings is 2. The fourth-order valence-corrected chi connectivity index (χ4v) is 1.71. The number of aliphatic imine (C=N–C) groups is 1. The summed E-state index contributed by atoms with van der Waals surface area (Å²) in [5, 5.41) is 0. The third-order valence-corrected chi connectivity index (χ3v) is 2.88. The van der Waals surface area contributed by atoms with Gasteiger partial charge in [0.1, 0.15) is 11.8 Å². The van der Waals surface area contributed by atoms with Gasteiger partial charge in [-0.2, -0.15) is 0 Å². The van der Waals surface area contributed by atoms with E-state index in [4.69, 9.17) is 10.5 Å². The summed E-state index contributed by atoms with van der Waals surface area (Å²) in [5.74, 6) is 0.347. The molecule has 0 unspecified atom stereocenters. The molecular weight excluding hydrogens is 252 g/mol. The van der Waals surface area contributed by atoms with Gasteiger partial charge in [-0.3, -0.25) is 4.79 Å².